The predicted molar refractivity (Wildman–Crippen MR) is 102 cm³/mol. The zero-order valence-corrected chi connectivity index (χ0v) is 16.6. The molecule has 1 aromatic carbocycles. The van der Waals surface area contributed by atoms with Gasteiger partial charge in [-0.15, -0.1) is 0 Å². The van der Waals surface area contributed by atoms with Gasteiger partial charge in [0.1, 0.15) is 19.7 Å². The third-order valence-corrected chi connectivity index (χ3v) is 3.90. The Morgan fingerprint density at radius 3 is 2.28 bits per heavy atom. The van der Waals surface area contributed by atoms with Gasteiger partial charge in [0.05, 0.1) is 13.2 Å². The van der Waals surface area contributed by atoms with Crippen molar-refractivity contribution in [1.29, 1.82) is 0 Å². The smallest absolute Gasteiger partial charge is 0.407 e. The van der Waals surface area contributed by atoms with Crippen molar-refractivity contribution in [3.05, 3.63) is 35.9 Å². The molecule has 3 amide bonds. The van der Waals surface area contributed by atoms with Crippen LogP contribution in [0.2, 0.25) is 0 Å². The van der Waals surface area contributed by atoms with Crippen LogP contribution in [-0.2, 0) is 30.5 Å². The third kappa shape index (κ3) is 9.06. The van der Waals surface area contributed by atoms with Crippen LogP contribution in [0.3, 0.4) is 0 Å². The maximum Gasteiger partial charge on any atom is 0.407 e. The second-order valence-electron chi connectivity index (χ2n) is 6.49. The van der Waals surface area contributed by atoms with Crippen LogP contribution in [0.25, 0.3) is 0 Å². The number of carbonyl (C=O) groups excluding carboxylic acids is 4. The number of aliphatic hydroxyl groups excluding tert-OH is 1. The molecule has 0 aliphatic heterocycles. The number of methoxy groups -OCH3 is 1. The molecule has 1 rings (SSSR count). The molecular formula is C19H27N3O7. The molecule has 0 aromatic heterocycles. The summed E-state index contributed by atoms with van der Waals surface area (Å²) in [6.07, 6.45) is -2.37. The van der Waals surface area contributed by atoms with Gasteiger partial charge in [-0.3, -0.25) is 14.4 Å². The van der Waals surface area contributed by atoms with Crippen LogP contribution in [0.15, 0.2) is 30.3 Å². The number of benzene rings is 1. The van der Waals surface area contributed by atoms with Crippen molar-refractivity contribution in [2.24, 2.45) is 5.92 Å². The first-order valence-corrected chi connectivity index (χ1v) is 9.01. The molecule has 0 fully saturated rings. The highest BCUT2D eigenvalue weighted by molar-refractivity contribution is 5.87. The predicted octanol–water partition coefficient (Wildman–Crippen LogP) is -0.296. The van der Waals surface area contributed by atoms with Gasteiger partial charge in [-0.2, -0.15) is 0 Å². The lowest BCUT2D eigenvalue weighted by Gasteiger charge is -2.26. The average molecular weight is 409 g/mol. The summed E-state index contributed by atoms with van der Waals surface area (Å²) in [5.41, 5.74) is 0.799. The van der Waals surface area contributed by atoms with Crippen molar-refractivity contribution in [3.8, 4) is 0 Å². The molecule has 0 spiro atoms. The van der Waals surface area contributed by atoms with E-state index in [2.05, 4.69) is 20.7 Å². The first kappa shape index (κ1) is 23.9. The lowest BCUT2D eigenvalue weighted by molar-refractivity contribution is -0.143. The van der Waals surface area contributed by atoms with Crippen LogP contribution in [-0.4, -0.2) is 61.3 Å². The normalized spacial score (nSPS) is 12.4. The number of aliphatic hydroxyl groups is 1. The fraction of sp³-hybridized carbons (Fsp3) is 0.474. The number of rotatable bonds is 10. The molecule has 29 heavy (non-hydrogen) atoms. The van der Waals surface area contributed by atoms with Crippen molar-refractivity contribution in [2.45, 2.75) is 32.6 Å². The van der Waals surface area contributed by atoms with E-state index in [1.807, 2.05) is 18.2 Å². The van der Waals surface area contributed by atoms with Gasteiger partial charge in [0.2, 0.25) is 5.91 Å². The van der Waals surface area contributed by atoms with E-state index in [9.17, 15) is 24.3 Å². The van der Waals surface area contributed by atoms with E-state index >= 15 is 0 Å². The number of alkyl carbamates (subject to hydrolysis) is 1. The van der Waals surface area contributed by atoms with Gasteiger partial charge in [-0.05, 0) is 11.5 Å². The maximum atomic E-state index is 12.1. The molecule has 10 nitrogen and oxygen atoms in total. The summed E-state index contributed by atoms with van der Waals surface area (Å²) in [5.74, 6) is -2.42. The fourth-order valence-corrected chi connectivity index (χ4v) is 2.27. The van der Waals surface area contributed by atoms with E-state index in [4.69, 9.17) is 4.74 Å². The van der Waals surface area contributed by atoms with Crippen molar-refractivity contribution >= 4 is 23.9 Å². The first-order valence-electron chi connectivity index (χ1n) is 9.01. The van der Waals surface area contributed by atoms with Crippen molar-refractivity contribution < 1.29 is 33.8 Å². The highest BCUT2D eigenvalue weighted by Gasteiger charge is 2.30. The Bertz CT molecular complexity index is 694. The Labute approximate surface area is 168 Å². The summed E-state index contributed by atoms with van der Waals surface area (Å²) >= 11 is 0. The molecule has 160 valence electrons. The van der Waals surface area contributed by atoms with Crippen molar-refractivity contribution in [2.75, 3.05) is 20.2 Å². The highest BCUT2D eigenvalue weighted by Crippen LogP contribution is 2.07. The molecule has 0 saturated heterocycles. The maximum absolute atomic E-state index is 12.1. The van der Waals surface area contributed by atoms with Crippen LogP contribution in [0.1, 0.15) is 19.4 Å². The molecule has 0 aliphatic carbocycles. The number of carbonyl (C=O) groups is 4. The first-order chi connectivity index (χ1) is 13.7. The molecule has 1 aromatic rings. The van der Waals surface area contributed by atoms with E-state index < -0.39 is 49.1 Å². The molecule has 1 unspecified atom stereocenters. The van der Waals surface area contributed by atoms with E-state index in [1.165, 1.54) is 7.11 Å². The summed E-state index contributed by atoms with van der Waals surface area (Å²) in [6.45, 7) is 2.65. The van der Waals surface area contributed by atoms with E-state index in [0.29, 0.717) is 0 Å². The van der Waals surface area contributed by atoms with Crippen LogP contribution in [0.5, 0.6) is 0 Å². The molecule has 2 atom stereocenters. The van der Waals surface area contributed by atoms with Crippen LogP contribution >= 0.6 is 0 Å². The number of hydrogen-bond donors (Lipinski definition) is 4. The Hall–Kier alpha value is -3.14. The molecular weight excluding hydrogens is 382 g/mol. The number of nitrogens with one attached hydrogen (secondary N) is 3. The Kier molecular flexibility index (Phi) is 10.2. The lowest BCUT2D eigenvalue weighted by atomic mass is 9.97. The lowest BCUT2D eigenvalue weighted by Crippen LogP contribution is -2.55. The van der Waals surface area contributed by atoms with Crippen LogP contribution in [0, 0.1) is 5.92 Å². The second kappa shape index (κ2) is 12.3. The minimum absolute atomic E-state index is 0.0575. The second-order valence-corrected chi connectivity index (χ2v) is 6.49. The van der Waals surface area contributed by atoms with E-state index in [-0.39, 0.29) is 12.5 Å². The van der Waals surface area contributed by atoms with Crippen molar-refractivity contribution in [1.82, 2.24) is 16.0 Å². The number of amides is 3. The molecule has 0 aliphatic rings. The van der Waals surface area contributed by atoms with Gasteiger partial charge < -0.3 is 30.5 Å². The van der Waals surface area contributed by atoms with Gasteiger partial charge in [0.15, 0.2) is 6.10 Å². The van der Waals surface area contributed by atoms with E-state index in [0.717, 1.165) is 5.56 Å². The number of esters is 1. The summed E-state index contributed by atoms with van der Waals surface area (Å²) in [5, 5.41) is 17.2. The molecule has 0 radical (unpaired) electrons. The summed E-state index contributed by atoms with van der Waals surface area (Å²) in [4.78, 5) is 46.8. The molecule has 10 heteroatoms. The molecule has 0 bridgehead atoms. The molecule has 0 saturated carbocycles. The third-order valence-electron chi connectivity index (χ3n) is 3.90. The Balaban J connectivity index is 2.45. The molecule has 4 N–H and O–H groups in total. The standard InChI is InChI=1S/C19H27N3O7/c1-12(2)16(17(25)18(26)20-10-15(24)28-3)22-14(23)9-21-19(27)29-11-13-7-5-4-6-8-13/h4-8,12,16-17,25H,9-11H2,1-3H3,(H,20,26)(H,21,27)(H,22,23)/t16-,17?/m0/s1. The van der Waals surface area contributed by atoms with Gasteiger partial charge >= 0.3 is 12.1 Å². The SMILES string of the molecule is COC(=O)CNC(=O)C(O)[C@@H](NC(=O)CNC(=O)OCc1ccccc1)C(C)C. The minimum Gasteiger partial charge on any atom is -0.468 e. The van der Waals surface area contributed by atoms with Gasteiger partial charge in [-0.25, -0.2) is 4.79 Å². The highest BCUT2D eigenvalue weighted by atomic mass is 16.5. The minimum atomic E-state index is -1.59. The Morgan fingerprint density at radius 1 is 1.03 bits per heavy atom. The summed E-state index contributed by atoms with van der Waals surface area (Å²) < 4.78 is 9.39. The van der Waals surface area contributed by atoms with Gasteiger partial charge in [0.25, 0.3) is 5.91 Å². The van der Waals surface area contributed by atoms with Crippen molar-refractivity contribution in [3.63, 3.8) is 0 Å². The topological polar surface area (TPSA) is 143 Å². The summed E-state index contributed by atoms with van der Waals surface area (Å²) in [6, 6.07) is 8.11. The van der Waals surface area contributed by atoms with E-state index in [1.54, 1.807) is 26.0 Å². The number of hydrogen-bond acceptors (Lipinski definition) is 7. The zero-order valence-electron chi connectivity index (χ0n) is 16.6. The van der Waals surface area contributed by atoms with Crippen LogP contribution in [0.4, 0.5) is 4.79 Å². The Morgan fingerprint density at radius 2 is 1.69 bits per heavy atom. The summed E-state index contributed by atoms with van der Waals surface area (Å²) in [7, 11) is 1.17. The average Bonchev–Trinajstić information content (AvgIpc) is 2.72. The monoisotopic (exact) mass is 409 g/mol. The fourth-order valence-electron chi connectivity index (χ4n) is 2.27. The van der Waals surface area contributed by atoms with Gasteiger partial charge in [0, 0.05) is 0 Å². The number of ether oxygens (including phenoxy) is 2. The molecule has 0 heterocycles. The van der Waals surface area contributed by atoms with Crippen LogP contribution < -0.4 is 16.0 Å². The quantitative estimate of drug-likeness (QED) is 0.389. The van der Waals surface area contributed by atoms with Gasteiger partial charge in [-0.1, -0.05) is 44.2 Å². The zero-order chi connectivity index (χ0) is 21.8. The largest absolute Gasteiger partial charge is 0.468 e.